The van der Waals surface area contributed by atoms with Gasteiger partial charge in [0, 0.05) is 19.3 Å². The molecule has 12 heteroatoms. The zero-order valence-corrected chi connectivity index (χ0v) is 50.2. The Hall–Kier alpha value is -3.86. The molecule has 0 rings (SSSR count). The lowest BCUT2D eigenvalue weighted by Crippen LogP contribution is -2.30. The number of esters is 3. The summed E-state index contributed by atoms with van der Waals surface area (Å²) in [5.41, 5.74) is 0. The predicted molar refractivity (Wildman–Crippen MR) is 325 cm³/mol. The summed E-state index contributed by atoms with van der Waals surface area (Å²) in [5.74, 6) is -1.59. The molecule has 0 aromatic carbocycles. The number of hydrogen-bond donors (Lipinski definition) is 2. The molecule has 0 spiro atoms. The molecule has 0 aliphatic carbocycles. The molecule has 0 saturated carbocycles. The number of rotatable bonds is 56. The van der Waals surface area contributed by atoms with E-state index >= 15 is 0 Å². The van der Waals surface area contributed by atoms with Gasteiger partial charge in [-0.1, -0.05) is 226 Å². The second-order valence-corrected chi connectivity index (χ2v) is 21.6. The summed E-state index contributed by atoms with van der Waals surface area (Å²) in [6, 6.07) is 0. The van der Waals surface area contributed by atoms with Crippen molar-refractivity contribution < 1.29 is 52.2 Å². The van der Waals surface area contributed by atoms with Crippen LogP contribution in [0.5, 0.6) is 0 Å². The fraction of sp³-hybridized carbons (Fsp3) is 0.682. The molecule has 0 aromatic rings. The largest absolute Gasteiger partial charge is 0.472 e. The molecule has 78 heavy (non-hydrogen) atoms. The van der Waals surface area contributed by atoms with Gasteiger partial charge in [0.15, 0.2) is 6.10 Å². The van der Waals surface area contributed by atoms with E-state index in [1.165, 1.54) is 77.0 Å². The molecule has 3 unspecified atom stereocenters. The molecular formula is C66H111O11P. The molecule has 0 heterocycles. The minimum atomic E-state index is -4.78. The van der Waals surface area contributed by atoms with E-state index in [0.717, 1.165) is 109 Å². The average molecular weight is 1110 g/mol. The van der Waals surface area contributed by atoms with Crippen LogP contribution in [-0.2, 0) is 42.2 Å². The molecular weight excluding hydrogens is 1000 g/mol. The van der Waals surface area contributed by atoms with E-state index in [4.69, 9.17) is 23.3 Å². The van der Waals surface area contributed by atoms with Crippen LogP contribution >= 0.6 is 7.82 Å². The third-order valence-corrected chi connectivity index (χ3v) is 13.6. The number of carbonyl (C=O) groups is 3. The Morgan fingerprint density at radius 2 is 0.692 bits per heavy atom. The molecule has 0 bridgehead atoms. The van der Waals surface area contributed by atoms with Crippen molar-refractivity contribution in [2.75, 3.05) is 26.4 Å². The third kappa shape index (κ3) is 56.8. The number of allylic oxidation sites excluding steroid dienone is 18. The van der Waals surface area contributed by atoms with Crippen molar-refractivity contribution in [2.45, 2.75) is 264 Å². The Kier molecular flexibility index (Phi) is 56.3. The molecule has 446 valence electrons. The number of hydrogen-bond acceptors (Lipinski definition) is 10. The quantitative estimate of drug-likeness (QED) is 0.0197. The van der Waals surface area contributed by atoms with Crippen LogP contribution in [0, 0.1) is 0 Å². The summed E-state index contributed by atoms with van der Waals surface area (Å²) in [5, 5.41) is 9.84. The van der Waals surface area contributed by atoms with Crippen molar-refractivity contribution in [1.82, 2.24) is 0 Å². The van der Waals surface area contributed by atoms with Crippen molar-refractivity contribution in [2.24, 2.45) is 0 Å². The maximum absolute atomic E-state index is 12.9. The summed E-state index contributed by atoms with van der Waals surface area (Å²) in [7, 11) is -4.78. The second-order valence-electron chi connectivity index (χ2n) is 20.1. The molecule has 0 radical (unpaired) electrons. The van der Waals surface area contributed by atoms with Crippen molar-refractivity contribution >= 4 is 25.7 Å². The minimum absolute atomic E-state index is 0.0360. The molecule has 0 aromatic heterocycles. The highest BCUT2D eigenvalue weighted by atomic mass is 31.2. The van der Waals surface area contributed by atoms with Crippen molar-refractivity contribution in [1.29, 1.82) is 0 Å². The van der Waals surface area contributed by atoms with Gasteiger partial charge in [-0.25, -0.2) is 4.57 Å². The van der Waals surface area contributed by atoms with Crippen LogP contribution in [0.15, 0.2) is 109 Å². The number of unbranched alkanes of at least 4 members (excludes halogenated alkanes) is 21. The van der Waals surface area contributed by atoms with Crippen LogP contribution < -0.4 is 0 Å². The number of aliphatic hydroxyl groups excluding tert-OH is 1. The van der Waals surface area contributed by atoms with Crippen LogP contribution in [0.25, 0.3) is 0 Å². The molecule has 11 nitrogen and oxygen atoms in total. The first-order chi connectivity index (χ1) is 38.2. The molecule has 0 aliphatic rings. The van der Waals surface area contributed by atoms with Gasteiger partial charge in [0.1, 0.15) is 12.7 Å². The number of aliphatic hydroxyl groups is 1. The first-order valence-corrected chi connectivity index (χ1v) is 32.3. The van der Waals surface area contributed by atoms with Gasteiger partial charge < -0.3 is 24.2 Å². The van der Waals surface area contributed by atoms with Crippen LogP contribution in [0.1, 0.15) is 252 Å². The Balaban J connectivity index is 4.83. The summed E-state index contributed by atoms with van der Waals surface area (Å²) < 4.78 is 39.5. The average Bonchev–Trinajstić information content (AvgIpc) is 3.43. The lowest BCUT2D eigenvalue weighted by Gasteiger charge is -2.21. The highest BCUT2D eigenvalue weighted by Gasteiger charge is 2.28. The van der Waals surface area contributed by atoms with E-state index in [-0.39, 0.29) is 25.9 Å². The van der Waals surface area contributed by atoms with E-state index in [9.17, 15) is 28.9 Å². The van der Waals surface area contributed by atoms with Gasteiger partial charge in [0.2, 0.25) is 0 Å². The van der Waals surface area contributed by atoms with Gasteiger partial charge in [-0.2, -0.15) is 0 Å². The summed E-state index contributed by atoms with van der Waals surface area (Å²) in [4.78, 5) is 48.6. The Labute approximate surface area is 475 Å². The van der Waals surface area contributed by atoms with E-state index in [2.05, 4.69) is 118 Å². The number of phosphoric ester groups is 1. The van der Waals surface area contributed by atoms with E-state index in [0.29, 0.717) is 25.7 Å². The Morgan fingerprint density at radius 3 is 1.14 bits per heavy atom. The van der Waals surface area contributed by atoms with Crippen molar-refractivity contribution in [3.63, 3.8) is 0 Å². The number of ether oxygens (including phenoxy) is 3. The molecule has 0 fully saturated rings. The SMILES string of the molecule is CC/C=C\C/C=C\C/C=C\C/C=C\C/C=C\C/C=C\CCC(=O)OC(COC(=O)CCCCCCC/C=C\CCCCCCCC)COP(=O)(O)OCC(CO)OC(=O)CCCCCCCCC/C=C\C/C=C\CCCCC. The van der Waals surface area contributed by atoms with E-state index in [1.54, 1.807) is 0 Å². The molecule has 0 amide bonds. The number of carbonyl (C=O) groups excluding carboxylic acids is 3. The molecule has 0 aliphatic heterocycles. The molecule has 3 atom stereocenters. The normalized spacial score (nSPS) is 14.1. The van der Waals surface area contributed by atoms with Crippen molar-refractivity contribution in [3.8, 4) is 0 Å². The van der Waals surface area contributed by atoms with Gasteiger partial charge in [-0.15, -0.1) is 0 Å². The number of phosphoric acid groups is 1. The second kappa shape index (κ2) is 59.3. The summed E-state index contributed by atoms with van der Waals surface area (Å²) >= 11 is 0. The van der Waals surface area contributed by atoms with Crippen LogP contribution in [0.2, 0.25) is 0 Å². The minimum Gasteiger partial charge on any atom is -0.462 e. The monoisotopic (exact) mass is 1110 g/mol. The zero-order valence-electron chi connectivity index (χ0n) is 49.3. The van der Waals surface area contributed by atoms with Crippen LogP contribution in [-0.4, -0.2) is 66.5 Å². The lowest BCUT2D eigenvalue weighted by atomic mass is 10.1. The standard InChI is InChI=1S/C66H111O11P/c1-4-7-10-13-16-19-22-25-28-30-31-33-36-39-42-45-48-51-54-57-66(70)77-63(59-73-64(68)55-52-49-46-43-40-37-34-27-24-21-18-15-12-9-6-3)61-75-78(71,72)74-60-62(58-67)76-65(69)56-53-50-47-44-41-38-35-32-29-26-23-20-17-14-11-8-5-2/h7,10,16-17,19-20,25-29,31,33-34,39,42,48,51,62-63,67H,4-6,8-9,11-15,18,21-24,30,32,35-38,40-41,43-47,49-50,52-61H2,1-3H3,(H,71,72)/b10-7-,19-16-,20-17-,28-25-,29-26-,33-31-,34-27-,42-39-,51-48-. The fourth-order valence-electron chi connectivity index (χ4n) is 7.99. The zero-order chi connectivity index (χ0) is 56.9. The van der Waals surface area contributed by atoms with Crippen LogP contribution in [0.4, 0.5) is 0 Å². The third-order valence-electron chi connectivity index (χ3n) is 12.7. The van der Waals surface area contributed by atoms with Crippen LogP contribution in [0.3, 0.4) is 0 Å². The van der Waals surface area contributed by atoms with Crippen molar-refractivity contribution in [3.05, 3.63) is 109 Å². The highest BCUT2D eigenvalue weighted by Crippen LogP contribution is 2.43. The topological polar surface area (TPSA) is 155 Å². The fourth-order valence-corrected chi connectivity index (χ4v) is 8.78. The smallest absolute Gasteiger partial charge is 0.462 e. The maximum Gasteiger partial charge on any atom is 0.472 e. The Morgan fingerprint density at radius 1 is 0.372 bits per heavy atom. The summed E-state index contributed by atoms with van der Waals surface area (Å²) in [6.45, 7) is 4.41. The van der Waals surface area contributed by atoms with Gasteiger partial charge >= 0.3 is 25.7 Å². The van der Waals surface area contributed by atoms with Gasteiger partial charge in [0.05, 0.1) is 19.8 Å². The predicted octanol–water partition coefficient (Wildman–Crippen LogP) is 18.6. The van der Waals surface area contributed by atoms with Gasteiger partial charge in [0.25, 0.3) is 0 Å². The van der Waals surface area contributed by atoms with E-state index in [1.807, 2.05) is 12.2 Å². The Bertz CT molecular complexity index is 1720. The first-order valence-electron chi connectivity index (χ1n) is 30.8. The van der Waals surface area contributed by atoms with E-state index < -0.39 is 57.8 Å². The molecule has 2 N–H and O–H groups in total. The lowest BCUT2D eigenvalue weighted by molar-refractivity contribution is -0.161. The maximum atomic E-state index is 12.9. The summed E-state index contributed by atoms with van der Waals surface area (Å²) in [6.07, 6.45) is 72.0. The van der Waals surface area contributed by atoms with Gasteiger partial charge in [-0.05, 0) is 116 Å². The first kappa shape index (κ1) is 74.1. The highest BCUT2D eigenvalue weighted by molar-refractivity contribution is 7.47. The van der Waals surface area contributed by atoms with Gasteiger partial charge in [-0.3, -0.25) is 23.4 Å². The molecule has 0 saturated heterocycles.